The fraction of sp³-hybridized carbons (Fsp3) is 0.867. The van der Waals surface area contributed by atoms with Crippen molar-refractivity contribution < 1.29 is 17.0 Å². The molecule has 0 bridgehead atoms. The van der Waals surface area contributed by atoms with Crippen LogP contribution in [0.5, 0.6) is 0 Å². The maximum atomic E-state index is 11.4. The molecule has 0 amide bonds. The van der Waals surface area contributed by atoms with E-state index in [4.69, 9.17) is 8.61 Å². The number of rotatable bonds is 7. The summed E-state index contributed by atoms with van der Waals surface area (Å²) in [5.41, 5.74) is -0.626. The third-order valence-corrected chi connectivity index (χ3v) is 9.74. The standard InChI is InChI=1S/C15H30O4SSi/c1-8-10-15(19-20(5,16)17)12-13(15)9-11-18-21(6,7)14(2,3)4/h8,10,13H,9,11-12H2,1-7H3/b10-8+/t13-,15+/m1/s1. The summed E-state index contributed by atoms with van der Waals surface area (Å²) >= 11 is 0. The minimum absolute atomic E-state index is 0.195. The van der Waals surface area contributed by atoms with Gasteiger partial charge in [-0.15, -0.1) is 0 Å². The second kappa shape index (κ2) is 6.14. The largest absolute Gasteiger partial charge is 0.417 e. The molecule has 0 N–H and O–H groups in total. The predicted molar refractivity (Wildman–Crippen MR) is 89.3 cm³/mol. The lowest BCUT2D eigenvalue weighted by molar-refractivity contribution is 0.202. The van der Waals surface area contributed by atoms with Crippen molar-refractivity contribution in [1.29, 1.82) is 0 Å². The Morgan fingerprint density at radius 3 is 2.33 bits per heavy atom. The van der Waals surface area contributed by atoms with Gasteiger partial charge in [-0.05, 0) is 43.8 Å². The highest BCUT2D eigenvalue weighted by molar-refractivity contribution is 7.86. The molecular formula is C15H30O4SSi. The maximum Gasteiger partial charge on any atom is 0.265 e. The summed E-state index contributed by atoms with van der Waals surface area (Å²) in [4.78, 5) is 0. The Kier molecular flexibility index (Phi) is 5.52. The van der Waals surface area contributed by atoms with Crippen molar-refractivity contribution in [2.24, 2.45) is 5.92 Å². The normalized spacial score (nSPS) is 27.3. The molecule has 0 aromatic carbocycles. The fourth-order valence-corrected chi connectivity index (χ4v) is 4.13. The van der Waals surface area contributed by atoms with Crippen LogP contribution in [0, 0.1) is 5.92 Å². The van der Waals surface area contributed by atoms with E-state index in [1.807, 2.05) is 19.1 Å². The molecule has 1 fully saturated rings. The summed E-state index contributed by atoms with van der Waals surface area (Å²) in [7, 11) is -5.17. The van der Waals surface area contributed by atoms with Gasteiger partial charge >= 0.3 is 0 Å². The molecule has 21 heavy (non-hydrogen) atoms. The molecule has 0 aromatic heterocycles. The average molecular weight is 335 g/mol. The molecule has 0 aromatic rings. The molecule has 0 saturated heterocycles. The third-order valence-electron chi connectivity index (χ3n) is 4.59. The Morgan fingerprint density at radius 2 is 1.90 bits per heavy atom. The van der Waals surface area contributed by atoms with Gasteiger partial charge in [-0.2, -0.15) is 8.42 Å². The van der Waals surface area contributed by atoms with Gasteiger partial charge in [0.25, 0.3) is 10.1 Å². The van der Waals surface area contributed by atoms with Crippen LogP contribution in [0.4, 0.5) is 0 Å². The van der Waals surface area contributed by atoms with Gasteiger partial charge in [0.15, 0.2) is 8.32 Å². The topological polar surface area (TPSA) is 52.6 Å². The van der Waals surface area contributed by atoms with Crippen molar-refractivity contribution in [2.75, 3.05) is 12.9 Å². The third kappa shape index (κ3) is 5.19. The van der Waals surface area contributed by atoms with E-state index >= 15 is 0 Å². The Hall–Kier alpha value is -0.173. The van der Waals surface area contributed by atoms with Gasteiger partial charge in [-0.3, -0.25) is 4.18 Å². The molecule has 6 heteroatoms. The van der Waals surface area contributed by atoms with E-state index in [0.29, 0.717) is 6.61 Å². The summed E-state index contributed by atoms with van der Waals surface area (Å²) in [6.07, 6.45) is 6.43. The van der Waals surface area contributed by atoms with E-state index in [1.54, 1.807) is 0 Å². The molecular weight excluding hydrogens is 304 g/mol. The van der Waals surface area contributed by atoms with Crippen LogP contribution in [-0.2, 0) is 18.7 Å². The number of hydrogen-bond donors (Lipinski definition) is 0. The predicted octanol–water partition coefficient (Wildman–Crippen LogP) is 3.71. The molecule has 0 heterocycles. The zero-order valence-electron chi connectivity index (χ0n) is 14.4. The van der Waals surface area contributed by atoms with E-state index in [0.717, 1.165) is 19.1 Å². The van der Waals surface area contributed by atoms with Crippen LogP contribution in [0.2, 0.25) is 18.1 Å². The molecule has 0 spiro atoms. The zero-order chi connectivity index (χ0) is 16.5. The first-order valence-electron chi connectivity index (χ1n) is 7.51. The van der Waals surface area contributed by atoms with Crippen LogP contribution in [0.15, 0.2) is 12.2 Å². The smallest absolute Gasteiger partial charge is 0.265 e. The lowest BCUT2D eigenvalue weighted by Crippen LogP contribution is -2.41. The van der Waals surface area contributed by atoms with Crippen LogP contribution >= 0.6 is 0 Å². The SMILES string of the molecule is C/C=C/[C@]1(OS(C)(=O)=O)C[C@H]1CCO[Si](C)(C)C(C)(C)C. The summed E-state index contributed by atoms with van der Waals surface area (Å²) in [5.74, 6) is 0.230. The second-order valence-corrected chi connectivity index (χ2v) is 13.9. The highest BCUT2D eigenvalue weighted by atomic mass is 32.2. The summed E-state index contributed by atoms with van der Waals surface area (Å²) in [5, 5.41) is 0.195. The summed E-state index contributed by atoms with van der Waals surface area (Å²) in [6.45, 7) is 13.7. The van der Waals surface area contributed by atoms with Gasteiger partial charge in [-0.25, -0.2) is 0 Å². The Morgan fingerprint density at radius 1 is 1.33 bits per heavy atom. The molecule has 0 aliphatic heterocycles. The van der Waals surface area contributed by atoms with E-state index in [1.165, 1.54) is 0 Å². The quantitative estimate of drug-likeness (QED) is 0.404. The minimum atomic E-state index is -3.43. The van der Waals surface area contributed by atoms with Crippen LogP contribution in [0.3, 0.4) is 0 Å². The van der Waals surface area contributed by atoms with Gasteiger partial charge in [0.1, 0.15) is 5.60 Å². The summed E-state index contributed by atoms with van der Waals surface area (Å²) < 4.78 is 34.2. The van der Waals surface area contributed by atoms with E-state index in [-0.39, 0.29) is 11.0 Å². The Bertz CT molecular complexity index is 490. The maximum absolute atomic E-state index is 11.4. The van der Waals surface area contributed by atoms with Crippen molar-refractivity contribution in [3.8, 4) is 0 Å². The lowest BCUT2D eigenvalue weighted by atomic mass is 10.2. The van der Waals surface area contributed by atoms with Gasteiger partial charge in [0.05, 0.1) is 6.26 Å². The van der Waals surface area contributed by atoms with Crippen LogP contribution < -0.4 is 0 Å². The van der Waals surface area contributed by atoms with E-state index in [2.05, 4.69) is 33.9 Å². The lowest BCUT2D eigenvalue weighted by Gasteiger charge is -2.36. The monoisotopic (exact) mass is 334 g/mol. The van der Waals surface area contributed by atoms with Crippen molar-refractivity contribution in [1.82, 2.24) is 0 Å². The first-order chi connectivity index (χ1) is 9.33. The van der Waals surface area contributed by atoms with Crippen LogP contribution in [-0.4, -0.2) is 35.2 Å². The molecule has 124 valence electrons. The molecule has 1 rings (SSSR count). The first kappa shape index (κ1) is 18.9. The fourth-order valence-electron chi connectivity index (χ4n) is 2.24. The Labute approximate surface area is 131 Å². The van der Waals surface area contributed by atoms with Crippen molar-refractivity contribution in [2.45, 2.75) is 64.3 Å². The van der Waals surface area contributed by atoms with Crippen molar-refractivity contribution in [3.63, 3.8) is 0 Å². The zero-order valence-corrected chi connectivity index (χ0v) is 16.2. The molecule has 1 saturated carbocycles. The average Bonchev–Trinajstić information content (AvgIpc) is 2.86. The molecule has 4 nitrogen and oxygen atoms in total. The van der Waals surface area contributed by atoms with Crippen LogP contribution in [0.25, 0.3) is 0 Å². The van der Waals surface area contributed by atoms with Crippen LogP contribution in [0.1, 0.15) is 40.5 Å². The minimum Gasteiger partial charge on any atom is -0.417 e. The van der Waals surface area contributed by atoms with Gasteiger partial charge in [-0.1, -0.05) is 32.9 Å². The van der Waals surface area contributed by atoms with E-state index < -0.39 is 24.0 Å². The van der Waals surface area contributed by atoms with Gasteiger partial charge in [0, 0.05) is 6.61 Å². The first-order valence-corrected chi connectivity index (χ1v) is 12.2. The number of hydrogen-bond acceptors (Lipinski definition) is 4. The summed E-state index contributed by atoms with van der Waals surface area (Å²) in [6, 6.07) is 0. The molecule has 1 aliphatic rings. The molecule has 0 radical (unpaired) electrons. The Balaban J connectivity index is 2.55. The molecule has 2 atom stereocenters. The van der Waals surface area contributed by atoms with Crippen molar-refractivity contribution in [3.05, 3.63) is 12.2 Å². The highest BCUT2D eigenvalue weighted by Crippen LogP contribution is 2.51. The molecule has 0 unspecified atom stereocenters. The molecule has 1 aliphatic carbocycles. The second-order valence-electron chi connectivity index (χ2n) is 7.54. The van der Waals surface area contributed by atoms with Crippen molar-refractivity contribution >= 4 is 18.4 Å². The highest BCUT2D eigenvalue weighted by Gasteiger charge is 2.55. The van der Waals surface area contributed by atoms with E-state index in [9.17, 15) is 8.42 Å². The van der Waals surface area contributed by atoms with Gasteiger partial charge in [0.2, 0.25) is 0 Å². The van der Waals surface area contributed by atoms with Gasteiger partial charge < -0.3 is 4.43 Å². The number of allylic oxidation sites excluding steroid dienone is 1.